The maximum atomic E-state index is 12.5. The highest BCUT2D eigenvalue weighted by atomic mass is 32.2. The quantitative estimate of drug-likeness (QED) is 0.638. The van der Waals surface area contributed by atoms with E-state index in [4.69, 9.17) is 4.74 Å². The Kier molecular flexibility index (Phi) is 8.02. The molecule has 28 heavy (non-hydrogen) atoms. The molecule has 7 heteroatoms. The number of nitrogens with one attached hydrogen (secondary N) is 2. The summed E-state index contributed by atoms with van der Waals surface area (Å²) in [5, 5.41) is 2.96. The maximum absolute atomic E-state index is 12.5. The van der Waals surface area contributed by atoms with Crippen LogP contribution >= 0.6 is 0 Å². The smallest absolute Gasteiger partial charge is 0.222 e. The van der Waals surface area contributed by atoms with E-state index in [1.807, 2.05) is 25.1 Å². The lowest BCUT2D eigenvalue weighted by Gasteiger charge is -2.20. The van der Waals surface area contributed by atoms with Gasteiger partial charge >= 0.3 is 0 Å². The third-order valence-corrected chi connectivity index (χ3v) is 5.09. The summed E-state index contributed by atoms with van der Waals surface area (Å²) < 4.78 is 31.1. The highest BCUT2D eigenvalue weighted by molar-refractivity contribution is 7.88. The molecule has 0 saturated heterocycles. The van der Waals surface area contributed by atoms with E-state index in [1.165, 1.54) is 5.56 Å². The Balaban J connectivity index is 1.96. The maximum Gasteiger partial charge on any atom is 0.222 e. The van der Waals surface area contributed by atoms with Gasteiger partial charge in [-0.3, -0.25) is 4.79 Å². The lowest BCUT2D eigenvalue weighted by Crippen LogP contribution is -2.37. The molecule has 0 spiro atoms. The van der Waals surface area contributed by atoms with Crippen LogP contribution in [0.5, 0.6) is 5.75 Å². The minimum Gasteiger partial charge on any atom is -0.497 e. The van der Waals surface area contributed by atoms with E-state index < -0.39 is 16.1 Å². The van der Waals surface area contributed by atoms with Crippen LogP contribution in [0.2, 0.25) is 0 Å². The first-order valence-electron chi connectivity index (χ1n) is 9.21. The van der Waals surface area contributed by atoms with Crippen LogP contribution in [0, 0.1) is 0 Å². The van der Waals surface area contributed by atoms with Crippen molar-refractivity contribution in [3.05, 3.63) is 65.7 Å². The zero-order valence-corrected chi connectivity index (χ0v) is 17.3. The molecule has 2 rings (SSSR count). The molecule has 0 radical (unpaired) electrons. The van der Waals surface area contributed by atoms with E-state index in [9.17, 15) is 13.2 Å². The van der Waals surface area contributed by atoms with Crippen LogP contribution in [0.15, 0.2) is 54.6 Å². The topological polar surface area (TPSA) is 84.5 Å². The number of ether oxygens (including phenoxy) is 1. The number of hydrogen-bond donors (Lipinski definition) is 2. The SMILES string of the molecule is COc1ccc(C(CC(=O)NC(C)CCc2ccccc2)NS(C)(=O)=O)cc1. The van der Waals surface area contributed by atoms with Gasteiger partial charge in [-0.15, -0.1) is 0 Å². The Morgan fingerprint density at radius 1 is 1.07 bits per heavy atom. The molecule has 0 fully saturated rings. The number of methoxy groups -OCH3 is 1. The van der Waals surface area contributed by atoms with E-state index in [0.717, 1.165) is 19.1 Å². The zero-order chi connectivity index (χ0) is 20.6. The van der Waals surface area contributed by atoms with E-state index in [0.29, 0.717) is 11.3 Å². The molecule has 2 N–H and O–H groups in total. The van der Waals surface area contributed by atoms with Gasteiger partial charge in [-0.1, -0.05) is 42.5 Å². The fraction of sp³-hybridized carbons (Fsp3) is 0.381. The summed E-state index contributed by atoms with van der Waals surface area (Å²) in [6, 6.07) is 16.4. The molecular weight excluding hydrogens is 376 g/mol. The van der Waals surface area contributed by atoms with Crippen molar-refractivity contribution in [3.8, 4) is 5.75 Å². The van der Waals surface area contributed by atoms with Crippen molar-refractivity contribution in [3.63, 3.8) is 0 Å². The van der Waals surface area contributed by atoms with Gasteiger partial charge in [0.1, 0.15) is 5.75 Å². The predicted octanol–water partition coefficient (Wildman–Crippen LogP) is 2.81. The van der Waals surface area contributed by atoms with Crippen LogP contribution in [0.25, 0.3) is 0 Å². The Morgan fingerprint density at radius 3 is 2.29 bits per heavy atom. The van der Waals surface area contributed by atoms with Crippen molar-refractivity contribution in [2.45, 2.75) is 38.3 Å². The van der Waals surface area contributed by atoms with E-state index in [2.05, 4.69) is 22.2 Å². The molecule has 0 aliphatic heterocycles. The standard InChI is InChI=1S/C21H28N2O4S/c1-16(9-10-17-7-5-4-6-8-17)22-21(24)15-20(23-28(3,25)26)18-11-13-19(27-2)14-12-18/h4-8,11-14,16,20,23H,9-10,15H2,1-3H3,(H,22,24). The summed E-state index contributed by atoms with van der Waals surface area (Å²) in [5.41, 5.74) is 1.93. The van der Waals surface area contributed by atoms with Gasteiger partial charge in [-0.05, 0) is 43.0 Å². The fourth-order valence-electron chi connectivity index (χ4n) is 2.94. The first-order chi connectivity index (χ1) is 13.3. The average Bonchev–Trinajstić information content (AvgIpc) is 2.65. The van der Waals surface area contributed by atoms with Crippen LogP contribution in [-0.4, -0.2) is 33.7 Å². The Morgan fingerprint density at radius 2 is 1.71 bits per heavy atom. The third-order valence-electron chi connectivity index (χ3n) is 4.38. The normalized spacial score (nSPS) is 13.5. The number of carbonyl (C=O) groups is 1. The first kappa shape index (κ1) is 21.9. The van der Waals surface area contributed by atoms with Crippen LogP contribution in [-0.2, 0) is 21.2 Å². The van der Waals surface area contributed by atoms with Gasteiger partial charge in [0.2, 0.25) is 15.9 Å². The molecule has 0 bridgehead atoms. The number of rotatable bonds is 10. The monoisotopic (exact) mass is 404 g/mol. The molecule has 0 aromatic heterocycles. The van der Waals surface area contributed by atoms with Crippen molar-refractivity contribution in [2.75, 3.05) is 13.4 Å². The van der Waals surface area contributed by atoms with E-state index in [1.54, 1.807) is 31.4 Å². The van der Waals surface area contributed by atoms with Crippen molar-refractivity contribution >= 4 is 15.9 Å². The van der Waals surface area contributed by atoms with Crippen molar-refractivity contribution in [1.82, 2.24) is 10.0 Å². The lowest BCUT2D eigenvalue weighted by molar-refractivity contribution is -0.122. The number of aryl methyl sites for hydroxylation is 1. The van der Waals surface area contributed by atoms with Gasteiger partial charge in [-0.2, -0.15) is 0 Å². The van der Waals surface area contributed by atoms with Gasteiger partial charge in [0, 0.05) is 12.5 Å². The lowest BCUT2D eigenvalue weighted by atomic mass is 10.0. The molecular formula is C21H28N2O4S. The average molecular weight is 405 g/mol. The molecule has 2 atom stereocenters. The van der Waals surface area contributed by atoms with Crippen LogP contribution in [0.4, 0.5) is 0 Å². The molecule has 0 aliphatic carbocycles. The summed E-state index contributed by atoms with van der Waals surface area (Å²) in [5.74, 6) is 0.471. The summed E-state index contributed by atoms with van der Waals surface area (Å²) in [6.45, 7) is 1.95. The van der Waals surface area contributed by atoms with Crippen LogP contribution in [0.3, 0.4) is 0 Å². The van der Waals surface area contributed by atoms with Gasteiger partial charge in [0.25, 0.3) is 0 Å². The number of sulfonamides is 1. The first-order valence-corrected chi connectivity index (χ1v) is 11.1. The van der Waals surface area contributed by atoms with Crippen molar-refractivity contribution < 1.29 is 17.9 Å². The number of hydrogen-bond acceptors (Lipinski definition) is 4. The molecule has 0 aliphatic rings. The second-order valence-corrected chi connectivity index (χ2v) is 8.69. The molecule has 0 saturated carbocycles. The minimum atomic E-state index is -3.47. The largest absolute Gasteiger partial charge is 0.497 e. The van der Waals surface area contributed by atoms with Gasteiger partial charge in [0.15, 0.2) is 0 Å². The van der Waals surface area contributed by atoms with Crippen LogP contribution in [0.1, 0.15) is 36.9 Å². The van der Waals surface area contributed by atoms with Gasteiger partial charge < -0.3 is 10.1 Å². The van der Waals surface area contributed by atoms with Crippen molar-refractivity contribution in [1.29, 1.82) is 0 Å². The second-order valence-electron chi connectivity index (χ2n) is 6.91. The summed E-state index contributed by atoms with van der Waals surface area (Å²) in [4.78, 5) is 12.5. The van der Waals surface area contributed by atoms with Gasteiger partial charge in [-0.25, -0.2) is 13.1 Å². The van der Waals surface area contributed by atoms with Crippen LogP contribution < -0.4 is 14.8 Å². The minimum absolute atomic E-state index is 0.0116. The number of benzene rings is 2. The molecule has 152 valence electrons. The molecule has 0 heterocycles. The Bertz CT molecular complexity index is 852. The summed E-state index contributed by atoms with van der Waals surface area (Å²) >= 11 is 0. The van der Waals surface area contributed by atoms with Crippen molar-refractivity contribution in [2.24, 2.45) is 0 Å². The molecule has 2 aromatic carbocycles. The van der Waals surface area contributed by atoms with E-state index in [-0.39, 0.29) is 18.4 Å². The highest BCUT2D eigenvalue weighted by Gasteiger charge is 2.20. The predicted molar refractivity (Wildman–Crippen MR) is 111 cm³/mol. The zero-order valence-electron chi connectivity index (χ0n) is 16.5. The third kappa shape index (κ3) is 7.70. The molecule has 2 unspecified atom stereocenters. The van der Waals surface area contributed by atoms with Gasteiger partial charge in [0.05, 0.1) is 19.4 Å². The summed E-state index contributed by atoms with van der Waals surface area (Å²) in [6.07, 6.45) is 2.78. The molecule has 2 aromatic rings. The number of carbonyl (C=O) groups excluding carboxylic acids is 1. The Hall–Kier alpha value is -2.38. The summed E-state index contributed by atoms with van der Waals surface area (Å²) in [7, 11) is -1.91. The molecule has 1 amide bonds. The Labute approximate surface area is 167 Å². The highest BCUT2D eigenvalue weighted by Crippen LogP contribution is 2.21. The van der Waals surface area contributed by atoms with E-state index >= 15 is 0 Å². The fourth-order valence-corrected chi connectivity index (χ4v) is 3.68. The number of amides is 1. The molecule has 6 nitrogen and oxygen atoms in total. The second kappa shape index (κ2) is 10.2.